The SMILES string of the molecule is COc1cc(C)[nH]c(=O)c1CNC(=O)c1c(C)n([C@H](C)C2CCN(C(=O)C(C)(C)C(F)(F)F)CC2)c2ccccc12. The monoisotopic (exact) mass is 574 g/mol. The fourth-order valence-electron chi connectivity index (χ4n) is 5.81. The predicted molar refractivity (Wildman–Crippen MR) is 150 cm³/mol. The summed E-state index contributed by atoms with van der Waals surface area (Å²) in [7, 11) is 1.47. The quantitative estimate of drug-likeness (QED) is 0.402. The highest BCUT2D eigenvalue weighted by Gasteiger charge is 2.54. The summed E-state index contributed by atoms with van der Waals surface area (Å²) in [5.74, 6) is -0.750. The zero-order valence-corrected chi connectivity index (χ0v) is 24.2. The van der Waals surface area contributed by atoms with Crippen molar-refractivity contribution < 1.29 is 27.5 Å². The number of fused-ring (bicyclic) bond motifs is 1. The highest BCUT2D eigenvalue weighted by molar-refractivity contribution is 6.08. The minimum absolute atomic E-state index is 0.0209. The molecule has 0 bridgehead atoms. The van der Waals surface area contributed by atoms with Crippen LogP contribution in [0.15, 0.2) is 35.1 Å². The minimum Gasteiger partial charge on any atom is -0.496 e. The second-order valence-electron chi connectivity index (χ2n) is 11.4. The summed E-state index contributed by atoms with van der Waals surface area (Å²) >= 11 is 0. The molecule has 11 heteroatoms. The molecule has 3 heterocycles. The Balaban J connectivity index is 1.56. The lowest BCUT2D eigenvalue weighted by atomic mass is 9.86. The molecule has 8 nitrogen and oxygen atoms in total. The number of amides is 2. The molecule has 2 aromatic heterocycles. The van der Waals surface area contributed by atoms with Gasteiger partial charge in [0.1, 0.15) is 11.2 Å². The first-order valence-corrected chi connectivity index (χ1v) is 13.7. The van der Waals surface area contributed by atoms with E-state index in [2.05, 4.69) is 14.9 Å². The molecular weight excluding hydrogens is 537 g/mol. The number of aromatic amines is 1. The molecule has 4 rings (SSSR count). The number of nitrogens with zero attached hydrogens (tertiary/aromatic N) is 2. The number of ether oxygens (including phenoxy) is 1. The van der Waals surface area contributed by atoms with Gasteiger partial charge >= 0.3 is 6.18 Å². The fourth-order valence-corrected chi connectivity index (χ4v) is 5.81. The van der Waals surface area contributed by atoms with Crippen molar-refractivity contribution in [3.05, 3.63) is 63.2 Å². The van der Waals surface area contributed by atoms with Crippen LogP contribution in [0.4, 0.5) is 13.2 Å². The molecule has 0 saturated carbocycles. The third kappa shape index (κ3) is 5.58. The van der Waals surface area contributed by atoms with Gasteiger partial charge in [-0.15, -0.1) is 0 Å². The van der Waals surface area contributed by atoms with Crippen LogP contribution in [0.2, 0.25) is 0 Å². The second kappa shape index (κ2) is 11.3. The van der Waals surface area contributed by atoms with Gasteiger partial charge in [0, 0.05) is 41.4 Å². The smallest absolute Gasteiger partial charge is 0.402 e. The molecule has 1 fully saturated rings. The van der Waals surface area contributed by atoms with Gasteiger partial charge in [0.25, 0.3) is 11.5 Å². The van der Waals surface area contributed by atoms with Crippen molar-refractivity contribution in [2.24, 2.45) is 11.3 Å². The largest absolute Gasteiger partial charge is 0.496 e. The van der Waals surface area contributed by atoms with Crippen LogP contribution in [0, 0.1) is 25.2 Å². The van der Waals surface area contributed by atoms with E-state index in [0.717, 1.165) is 30.4 Å². The maximum absolute atomic E-state index is 13.5. The van der Waals surface area contributed by atoms with E-state index in [1.165, 1.54) is 12.0 Å². The summed E-state index contributed by atoms with van der Waals surface area (Å²) in [6.07, 6.45) is -3.53. The van der Waals surface area contributed by atoms with Crippen LogP contribution in [-0.2, 0) is 11.3 Å². The van der Waals surface area contributed by atoms with E-state index < -0.39 is 17.5 Å². The first-order chi connectivity index (χ1) is 19.2. The number of pyridine rings is 1. The molecule has 1 aliphatic heterocycles. The standard InChI is InChI=1S/C30H37F3N4O4/c1-17-15-24(41-6)22(26(38)35-17)16-34-27(39)25-19(3)37(23-10-8-7-9-21(23)25)18(2)20-11-13-36(14-12-20)28(40)29(4,5)30(31,32)33/h7-10,15,18,20H,11-14,16H2,1-6H3,(H,34,39)(H,35,38)/t18-/m1/s1. The van der Waals surface area contributed by atoms with E-state index in [0.29, 0.717) is 35.4 Å². The van der Waals surface area contributed by atoms with E-state index in [9.17, 15) is 27.6 Å². The van der Waals surface area contributed by atoms with Crippen molar-refractivity contribution in [3.63, 3.8) is 0 Å². The van der Waals surface area contributed by atoms with E-state index in [1.807, 2.05) is 38.1 Å². The Bertz CT molecular complexity index is 1510. The molecule has 2 N–H and O–H groups in total. The number of alkyl halides is 3. The van der Waals surface area contributed by atoms with Crippen molar-refractivity contribution in [3.8, 4) is 5.75 Å². The number of benzene rings is 1. The number of nitrogens with one attached hydrogen (secondary N) is 2. The van der Waals surface area contributed by atoms with Gasteiger partial charge in [0.2, 0.25) is 5.91 Å². The summed E-state index contributed by atoms with van der Waals surface area (Å²) < 4.78 is 47.8. The number of hydrogen-bond acceptors (Lipinski definition) is 4. The number of aryl methyl sites for hydroxylation is 1. The normalized spacial score (nSPS) is 15.7. The summed E-state index contributed by atoms with van der Waals surface area (Å²) in [5, 5.41) is 3.63. The number of rotatable bonds is 7. The van der Waals surface area contributed by atoms with Gasteiger partial charge in [-0.2, -0.15) is 13.2 Å². The zero-order chi connectivity index (χ0) is 30.3. The summed E-state index contributed by atoms with van der Waals surface area (Å²) in [4.78, 5) is 42.8. The molecule has 1 aliphatic rings. The third-order valence-corrected chi connectivity index (χ3v) is 8.42. The van der Waals surface area contributed by atoms with Gasteiger partial charge in [0.15, 0.2) is 0 Å². The van der Waals surface area contributed by atoms with Gasteiger partial charge in [-0.1, -0.05) is 18.2 Å². The van der Waals surface area contributed by atoms with Crippen LogP contribution in [-0.4, -0.2) is 52.6 Å². The van der Waals surface area contributed by atoms with Crippen molar-refractivity contribution in [1.29, 1.82) is 0 Å². The Morgan fingerprint density at radius 2 is 1.78 bits per heavy atom. The number of para-hydroxylation sites is 1. The van der Waals surface area contributed by atoms with E-state index in [-0.39, 0.29) is 43.1 Å². The van der Waals surface area contributed by atoms with Crippen molar-refractivity contribution in [1.82, 2.24) is 19.8 Å². The summed E-state index contributed by atoms with van der Waals surface area (Å²) in [6.45, 7) is 7.98. The van der Waals surface area contributed by atoms with Crippen LogP contribution in [0.25, 0.3) is 10.9 Å². The third-order valence-electron chi connectivity index (χ3n) is 8.42. The van der Waals surface area contributed by atoms with Crippen LogP contribution < -0.4 is 15.6 Å². The minimum atomic E-state index is -4.62. The van der Waals surface area contributed by atoms with E-state index in [4.69, 9.17) is 4.74 Å². The Morgan fingerprint density at radius 1 is 1.15 bits per heavy atom. The number of aromatic nitrogens is 2. The maximum atomic E-state index is 13.5. The van der Waals surface area contributed by atoms with Crippen LogP contribution >= 0.6 is 0 Å². The number of H-pyrrole nitrogens is 1. The van der Waals surface area contributed by atoms with Gasteiger partial charge in [-0.25, -0.2) is 0 Å². The second-order valence-corrected chi connectivity index (χ2v) is 11.4. The molecule has 1 aromatic carbocycles. The highest BCUT2D eigenvalue weighted by Crippen LogP contribution is 2.41. The number of hydrogen-bond donors (Lipinski definition) is 2. The Labute approximate surface area is 236 Å². The number of methoxy groups -OCH3 is 1. The van der Waals surface area contributed by atoms with Crippen LogP contribution in [0.3, 0.4) is 0 Å². The molecule has 41 heavy (non-hydrogen) atoms. The van der Waals surface area contributed by atoms with Gasteiger partial charge in [-0.3, -0.25) is 14.4 Å². The molecule has 1 atom stereocenters. The van der Waals surface area contributed by atoms with E-state index in [1.54, 1.807) is 13.0 Å². The van der Waals surface area contributed by atoms with Crippen molar-refractivity contribution >= 4 is 22.7 Å². The molecule has 222 valence electrons. The first-order valence-electron chi connectivity index (χ1n) is 13.7. The lowest BCUT2D eigenvalue weighted by Crippen LogP contribution is -2.51. The van der Waals surface area contributed by atoms with Gasteiger partial charge in [-0.05, 0) is 65.5 Å². The number of halogens is 3. The number of carbonyl (C=O) groups is 2. The number of carbonyl (C=O) groups excluding carboxylic acids is 2. The van der Waals surface area contributed by atoms with E-state index >= 15 is 0 Å². The summed E-state index contributed by atoms with van der Waals surface area (Å²) in [5.41, 5.74) is 0.301. The maximum Gasteiger partial charge on any atom is 0.402 e. The van der Waals surface area contributed by atoms with Gasteiger partial charge in [0.05, 0.1) is 24.8 Å². The average molecular weight is 575 g/mol. The predicted octanol–water partition coefficient (Wildman–Crippen LogP) is 5.27. The molecular formula is C30H37F3N4O4. The van der Waals surface area contributed by atoms with Gasteiger partial charge < -0.3 is 24.5 Å². The topological polar surface area (TPSA) is 96.4 Å². The Kier molecular flexibility index (Phi) is 8.29. The molecule has 3 aromatic rings. The molecule has 0 spiro atoms. The average Bonchev–Trinajstić information content (AvgIpc) is 3.22. The first kappa shape index (κ1) is 30.2. The van der Waals surface area contributed by atoms with Crippen molar-refractivity contribution in [2.45, 2.75) is 66.2 Å². The molecule has 0 radical (unpaired) electrons. The van der Waals surface area contributed by atoms with Crippen LogP contribution in [0.5, 0.6) is 5.75 Å². The molecule has 1 saturated heterocycles. The fraction of sp³-hybridized carbons (Fsp3) is 0.500. The summed E-state index contributed by atoms with van der Waals surface area (Å²) in [6, 6.07) is 9.19. The Morgan fingerprint density at radius 3 is 2.39 bits per heavy atom. The molecule has 0 unspecified atom stereocenters. The van der Waals surface area contributed by atoms with Crippen molar-refractivity contribution in [2.75, 3.05) is 20.2 Å². The lowest BCUT2D eigenvalue weighted by Gasteiger charge is -2.39. The number of piperidine rings is 1. The lowest BCUT2D eigenvalue weighted by molar-refractivity contribution is -0.217. The molecule has 0 aliphatic carbocycles. The number of likely N-dealkylation sites (tertiary alicyclic amines) is 1. The zero-order valence-electron chi connectivity index (χ0n) is 24.2. The highest BCUT2D eigenvalue weighted by atomic mass is 19.4. The Hall–Kier alpha value is -3.76. The molecule has 2 amide bonds. The van der Waals surface area contributed by atoms with Crippen LogP contribution in [0.1, 0.15) is 67.0 Å².